The molecule has 0 saturated carbocycles. The largest absolute Gasteiger partial charge is 0.323 e. The molecular formula is C33H23N5O3. The highest BCUT2D eigenvalue weighted by molar-refractivity contribution is 6.09. The van der Waals surface area contributed by atoms with Gasteiger partial charge < -0.3 is 26.6 Å². The van der Waals surface area contributed by atoms with E-state index in [1.807, 2.05) is 0 Å². The Bertz CT molecular complexity index is 1720. The molecule has 0 aromatic heterocycles. The maximum atomic E-state index is 13.0. The first kappa shape index (κ1) is 27.6. The smallest absolute Gasteiger partial charge is 0.322 e. The summed E-state index contributed by atoms with van der Waals surface area (Å²) < 4.78 is 0. The number of amides is 5. The molecule has 0 bridgehead atoms. The van der Waals surface area contributed by atoms with E-state index in [0.717, 1.165) is 0 Å². The molecule has 4 rings (SSSR count). The maximum Gasteiger partial charge on any atom is 0.323 e. The Morgan fingerprint density at radius 1 is 0.463 bits per heavy atom. The van der Waals surface area contributed by atoms with Crippen molar-refractivity contribution in [3.05, 3.63) is 113 Å². The van der Waals surface area contributed by atoms with Crippen molar-refractivity contribution < 1.29 is 14.4 Å². The fraction of sp³-hybridized carbons (Fsp3) is 0. The van der Waals surface area contributed by atoms with Crippen molar-refractivity contribution in [3.63, 3.8) is 0 Å². The van der Waals surface area contributed by atoms with Gasteiger partial charge >= 0.3 is 12.1 Å². The predicted molar refractivity (Wildman–Crippen MR) is 163 cm³/mol. The standard InChI is InChI=1S/C33H23N5O3/c1-4-22-7-14-26(15-8-22)34-31(39)25-13-20-29(37-32(40)35-27-16-9-23(5-2)10-17-27)30(21-25)38-33(41)36-28-18-11-24(6-3)12-19-28/h1-3,7-21H,(H,34,39)(H2,35,37,40)(H2,36,38,41). The van der Waals surface area contributed by atoms with Crippen LogP contribution in [-0.2, 0) is 0 Å². The van der Waals surface area contributed by atoms with Crippen LogP contribution in [0.4, 0.5) is 38.0 Å². The lowest BCUT2D eigenvalue weighted by atomic mass is 10.1. The van der Waals surface area contributed by atoms with Crippen molar-refractivity contribution in [1.29, 1.82) is 0 Å². The van der Waals surface area contributed by atoms with Crippen LogP contribution in [0.1, 0.15) is 27.0 Å². The van der Waals surface area contributed by atoms with Crippen LogP contribution in [0.3, 0.4) is 0 Å². The zero-order chi connectivity index (χ0) is 29.2. The fourth-order valence-corrected chi connectivity index (χ4v) is 3.62. The number of rotatable bonds is 6. The van der Waals surface area contributed by atoms with Crippen LogP contribution in [0.25, 0.3) is 0 Å². The molecule has 4 aromatic rings. The first-order chi connectivity index (χ1) is 19.9. The van der Waals surface area contributed by atoms with Crippen LogP contribution in [0, 0.1) is 37.0 Å². The number of urea groups is 2. The molecule has 198 valence electrons. The van der Waals surface area contributed by atoms with E-state index in [9.17, 15) is 14.4 Å². The van der Waals surface area contributed by atoms with Crippen LogP contribution >= 0.6 is 0 Å². The number of carbonyl (C=O) groups is 3. The number of hydrogen-bond acceptors (Lipinski definition) is 3. The van der Waals surface area contributed by atoms with Crippen molar-refractivity contribution in [2.45, 2.75) is 0 Å². The van der Waals surface area contributed by atoms with Crippen molar-refractivity contribution in [3.8, 4) is 37.0 Å². The summed E-state index contributed by atoms with van der Waals surface area (Å²) >= 11 is 0. The van der Waals surface area contributed by atoms with Gasteiger partial charge in [-0.2, -0.15) is 0 Å². The normalized spacial score (nSPS) is 9.68. The monoisotopic (exact) mass is 537 g/mol. The molecule has 41 heavy (non-hydrogen) atoms. The summed E-state index contributed by atoms with van der Waals surface area (Å²) in [6, 6.07) is 23.5. The van der Waals surface area contributed by atoms with E-state index >= 15 is 0 Å². The molecule has 0 radical (unpaired) electrons. The first-order valence-electron chi connectivity index (χ1n) is 12.2. The molecule has 0 saturated heterocycles. The lowest BCUT2D eigenvalue weighted by Gasteiger charge is -2.15. The van der Waals surface area contributed by atoms with Crippen LogP contribution in [-0.4, -0.2) is 18.0 Å². The number of nitrogens with one attached hydrogen (secondary N) is 5. The zero-order valence-electron chi connectivity index (χ0n) is 21.6. The van der Waals surface area contributed by atoms with Crippen molar-refractivity contribution >= 4 is 46.4 Å². The molecule has 8 heteroatoms. The molecule has 5 N–H and O–H groups in total. The minimum Gasteiger partial charge on any atom is -0.322 e. The number of carbonyl (C=O) groups excluding carboxylic acids is 3. The minimum atomic E-state index is -0.603. The van der Waals surface area contributed by atoms with Crippen LogP contribution in [0.2, 0.25) is 0 Å². The number of terminal acetylenes is 3. The maximum absolute atomic E-state index is 13.0. The summed E-state index contributed by atoms with van der Waals surface area (Å²) in [5.74, 6) is 7.09. The van der Waals surface area contributed by atoms with Gasteiger partial charge in [0.25, 0.3) is 5.91 Å². The molecule has 0 fully saturated rings. The summed E-state index contributed by atoms with van der Waals surface area (Å²) in [7, 11) is 0. The molecule has 4 aromatic carbocycles. The third kappa shape index (κ3) is 7.55. The third-order valence-corrected chi connectivity index (χ3v) is 5.71. The molecule has 0 aliphatic rings. The quantitative estimate of drug-likeness (QED) is 0.190. The van der Waals surface area contributed by atoms with Crippen molar-refractivity contribution in [2.75, 3.05) is 26.6 Å². The molecule has 5 amide bonds. The van der Waals surface area contributed by atoms with Crippen LogP contribution in [0.5, 0.6) is 0 Å². The summed E-state index contributed by atoms with van der Waals surface area (Å²) in [5.41, 5.74) is 4.20. The lowest BCUT2D eigenvalue weighted by Crippen LogP contribution is -2.24. The van der Waals surface area contributed by atoms with Crippen molar-refractivity contribution in [2.24, 2.45) is 0 Å². The zero-order valence-corrected chi connectivity index (χ0v) is 21.6. The van der Waals surface area contributed by atoms with Crippen LogP contribution in [0.15, 0.2) is 91.0 Å². The average Bonchev–Trinajstić information content (AvgIpc) is 2.99. The Morgan fingerprint density at radius 3 is 1.27 bits per heavy atom. The van der Waals surface area contributed by atoms with Gasteiger partial charge in [0.2, 0.25) is 0 Å². The second-order valence-electron chi connectivity index (χ2n) is 8.54. The van der Waals surface area contributed by atoms with Gasteiger partial charge in [-0.25, -0.2) is 9.59 Å². The Balaban J connectivity index is 1.54. The van der Waals surface area contributed by atoms with Gasteiger partial charge in [0, 0.05) is 39.3 Å². The van der Waals surface area contributed by atoms with Crippen molar-refractivity contribution in [1.82, 2.24) is 0 Å². The van der Waals surface area contributed by atoms with Gasteiger partial charge in [0.1, 0.15) is 0 Å². The molecule has 0 aliphatic carbocycles. The molecule has 0 atom stereocenters. The molecule has 0 heterocycles. The van der Waals surface area contributed by atoms with Gasteiger partial charge in [0.15, 0.2) is 0 Å². The molecule has 0 unspecified atom stereocenters. The molecule has 0 spiro atoms. The highest BCUT2D eigenvalue weighted by Gasteiger charge is 2.15. The van der Waals surface area contributed by atoms with E-state index in [0.29, 0.717) is 33.8 Å². The summed E-state index contributed by atoms with van der Waals surface area (Å²) in [5, 5.41) is 13.5. The van der Waals surface area contributed by atoms with Gasteiger partial charge in [-0.1, -0.05) is 17.8 Å². The Morgan fingerprint density at radius 2 is 0.854 bits per heavy atom. The number of hydrogen-bond donors (Lipinski definition) is 5. The van der Waals surface area contributed by atoms with Gasteiger partial charge in [0.05, 0.1) is 11.4 Å². The van der Waals surface area contributed by atoms with E-state index in [4.69, 9.17) is 19.3 Å². The van der Waals surface area contributed by atoms with E-state index < -0.39 is 18.0 Å². The number of benzene rings is 4. The van der Waals surface area contributed by atoms with Gasteiger partial charge in [-0.05, 0) is 91.0 Å². The summed E-state index contributed by atoms with van der Waals surface area (Å²) in [6.45, 7) is 0. The highest BCUT2D eigenvalue weighted by atomic mass is 16.2. The second-order valence-corrected chi connectivity index (χ2v) is 8.54. The Hall–Kier alpha value is -6.43. The van der Waals surface area contributed by atoms with Crippen LogP contribution < -0.4 is 26.6 Å². The lowest BCUT2D eigenvalue weighted by molar-refractivity contribution is 0.102. The van der Waals surface area contributed by atoms with E-state index in [1.165, 1.54) is 18.2 Å². The first-order valence-corrected chi connectivity index (χ1v) is 12.2. The summed E-state index contributed by atoms with van der Waals surface area (Å²) in [6.07, 6.45) is 16.1. The number of anilines is 5. The van der Waals surface area contributed by atoms with Gasteiger partial charge in [-0.3, -0.25) is 4.79 Å². The molecule has 0 aliphatic heterocycles. The van der Waals surface area contributed by atoms with Gasteiger partial charge in [-0.15, -0.1) is 19.3 Å². The minimum absolute atomic E-state index is 0.177. The van der Waals surface area contributed by atoms with E-state index in [2.05, 4.69) is 44.3 Å². The Labute approximate surface area is 237 Å². The third-order valence-electron chi connectivity index (χ3n) is 5.71. The molecule has 8 nitrogen and oxygen atoms in total. The van der Waals surface area contributed by atoms with E-state index in [-0.39, 0.29) is 16.9 Å². The SMILES string of the molecule is C#Cc1ccc(NC(=O)Nc2ccc(C(=O)Nc3ccc(C#C)cc3)cc2NC(=O)Nc2ccc(C#C)cc2)cc1. The highest BCUT2D eigenvalue weighted by Crippen LogP contribution is 2.25. The Kier molecular flexibility index (Phi) is 8.67. The second kappa shape index (κ2) is 12.9. The summed E-state index contributed by atoms with van der Waals surface area (Å²) in [4.78, 5) is 38.5. The topological polar surface area (TPSA) is 111 Å². The fourth-order valence-electron chi connectivity index (χ4n) is 3.62. The average molecular weight is 538 g/mol. The molecular weight excluding hydrogens is 514 g/mol. The predicted octanol–water partition coefficient (Wildman–Crippen LogP) is 6.17. The van der Waals surface area contributed by atoms with E-state index in [1.54, 1.807) is 72.8 Å².